The molecule has 0 saturated carbocycles. The molecule has 2 aliphatic heterocycles. The molecule has 1 saturated heterocycles. The van der Waals surface area contributed by atoms with E-state index in [1.807, 2.05) is 0 Å². The lowest BCUT2D eigenvalue weighted by molar-refractivity contribution is -0.118. The van der Waals surface area contributed by atoms with Gasteiger partial charge in [-0.2, -0.15) is 0 Å². The van der Waals surface area contributed by atoms with E-state index in [0.29, 0.717) is 10.2 Å². The molecule has 3 rings (SSSR count). The van der Waals surface area contributed by atoms with Gasteiger partial charge in [-0.25, -0.2) is 4.39 Å². The minimum absolute atomic E-state index is 0.0149. The average Bonchev–Trinajstić information content (AvgIpc) is 2.32. The van der Waals surface area contributed by atoms with Crippen LogP contribution in [0.25, 0.3) is 0 Å². The smallest absolute Gasteiger partial charge is 0.247 e. The molecule has 2 aliphatic rings. The highest BCUT2D eigenvalue weighted by molar-refractivity contribution is 9.10. The van der Waals surface area contributed by atoms with Crippen LogP contribution in [0, 0.1) is 5.82 Å². The predicted octanol–water partition coefficient (Wildman–Crippen LogP) is 2.90. The number of rotatable bonds is 0. The molecule has 0 radical (unpaired) electrons. The van der Waals surface area contributed by atoms with Crippen molar-refractivity contribution in [2.75, 3.05) is 16.8 Å². The lowest BCUT2D eigenvalue weighted by atomic mass is 9.97. The highest BCUT2D eigenvalue weighted by Gasteiger charge is 2.34. The van der Waals surface area contributed by atoms with Gasteiger partial charge in [0.2, 0.25) is 5.91 Å². The molecule has 1 aromatic rings. The Kier molecular flexibility index (Phi) is 2.58. The highest BCUT2D eigenvalue weighted by Crippen LogP contribution is 2.38. The van der Waals surface area contributed by atoms with Gasteiger partial charge in [-0.15, -0.1) is 0 Å². The first kappa shape index (κ1) is 11.0. The number of anilines is 2. The molecule has 2 heterocycles. The third-order valence-electron chi connectivity index (χ3n) is 3.41. The lowest BCUT2D eigenvalue weighted by Crippen LogP contribution is -2.50. The summed E-state index contributed by atoms with van der Waals surface area (Å²) in [6.45, 7) is 0.864. The van der Waals surface area contributed by atoms with Crippen LogP contribution in [0.4, 0.5) is 15.8 Å². The molecular formula is C12H12BrFN2O. The van der Waals surface area contributed by atoms with Crippen molar-refractivity contribution in [3.63, 3.8) is 0 Å². The van der Waals surface area contributed by atoms with E-state index >= 15 is 0 Å². The van der Waals surface area contributed by atoms with E-state index in [-0.39, 0.29) is 17.8 Å². The maximum absolute atomic E-state index is 13.4. The van der Waals surface area contributed by atoms with Gasteiger partial charge in [0.1, 0.15) is 11.9 Å². The molecule has 1 N–H and O–H groups in total. The SMILES string of the molecule is O=C1Nc2cc(F)c(Br)cc2N2CCCC[C@H]12. The molecule has 1 fully saturated rings. The van der Waals surface area contributed by atoms with Crippen molar-refractivity contribution in [2.24, 2.45) is 0 Å². The fourth-order valence-corrected chi connectivity index (χ4v) is 2.91. The second-order valence-corrected chi connectivity index (χ2v) is 5.33. The Labute approximate surface area is 107 Å². The Morgan fingerprint density at radius 1 is 1.41 bits per heavy atom. The van der Waals surface area contributed by atoms with Crippen LogP contribution in [-0.2, 0) is 4.79 Å². The maximum Gasteiger partial charge on any atom is 0.247 e. The monoisotopic (exact) mass is 298 g/mol. The first-order chi connectivity index (χ1) is 8.16. The lowest BCUT2D eigenvalue weighted by Gasteiger charge is -2.41. The van der Waals surface area contributed by atoms with E-state index in [9.17, 15) is 9.18 Å². The summed E-state index contributed by atoms with van der Waals surface area (Å²) in [6, 6.07) is 3.04. The van der Waals surface area contributed by atoms with E-state index in [1.165, 1.54) is 6.07 Å². The van der Waals surface area contributed by atoms with Crippen LogP contribution in [0.5, 0.6) is 0 Å². The Bertz CT molecular complexity index is 492. The zero-order valence-electron chi connectivity index (χ0n) is 9.17. The molecule has 3 nitrogen and oxygen atoms in total. The van der Waals surface area contributed by atoms with Crippen LogP contribution in [0.3, 0.4) is 0 Å². The van der Waals surface area contributed by atoms with Crippen LogP contribution in [0.1, 0.15) is 19.3 Å². The van der Waals surface area contributed by atoms with Crippen molar-refractivity contribution < 1.29 is 9.18 Å². The largest absolute Gasteiger partial charge is 0.358 e. The molecule has 17 heavy (non-hydrogen) atoms. The topological polar surface area (TPSA) is 32.3 Å². The van der Waals surface area contributed by atoms with Gasteiger partial charge >= 0.3 is 0 Å². The summed E-state index contributed by atoms with van der Waals surface area (Å²) in [6.07, 6.45) is 3.03. The molecular weight excluding hydrogens is 287 g/mol. The van der Waals surface area contributed by atoms with E-state index in [0.717, 1.165) is 31.5 Å². The summed E-state index contributed by atoms with van der Waals surface area (Å²) < 4.78 is 13.9. The molecule has 0 spiro atoms. The van der Waals surface area contributed by atoms with E-state index in [1.54, 1.807) is 6.07 Å². The first-order valence-corrected chi connectivity index (χ1v) is 6.52. The normalized spacial score (nSPS) is 22.8. The van der Waals surface area contributed by atoms with E-state index in [4.69, 9.17) is 0 Å². The molecule has 90 valence electrons. The van der Waals surface area contributed by atoms with Gasteiger partial charge < -0.3 is 10.2 Å². The van der Waals surface area contributed by atoms with Gasteiger partial charge in [0.25, 0.3) is 0 Å². The number of hydrogen-bond acceptors (Lipinski definition) is 2. The standard InChI is InChI=1S/C12H12BrFN2O/c13-7-5-11-9(6-8(7)14)15-12(17)10-3-1-2-4-16(10)11/h5-6,10H,1-4H2,(H,15,17)/t10-/m1/s1. The van der Waals surface area contributed by atoms with E-state index in [2.05, 4.69) is 26.1 Å². The molecule has 0 aliphatic carbocycles. The Morgan fingerprint density at radius 2 is 2.24 bits per heavy atom. The molecule has 1 amide bonds. The molecule has 1 aromatic carbocycles. The summed E-state index contributed by atoms with van der Waals surface area (Å²) in [5, 5.41) is 2.79. The molecule has 0 unspecified atom stereocenters. The van der Waals surface area contributed by atoms with Crippen molar-refractivity contribution >= 4 is 33.2 Å². The first-order valence-electron chi connectivity index (χ1n) is 5.73. The fourth-order valence-electron chi connectivity index (χ4n) is 2.58. The Balaban J connectivity index is 2.10. The van der Waals surface area contributed by atoms with E-state index < -0.39 is 0 Å². The Hall–Kier alpha value is -1.10. The van der Waals surface area contributed by atoms with Gasteiger partial charge in [-0.05, 0) is 41.3 Å². The molecule has 5 heteroatoms. The zero-order chi connectivity index (χ0) is 12.0. The number of piperidine rings is 1. The summed E-state index contributed by atoms with van der Waals surface area (Å²) >= 11 is 3.19. The quantitative estimate of drug-likeness (QED) is 0.799. The third-order valence-corrected chi connectivity index (χ3v) is 4.02. The number of fused-ring (bicyclic) bond motifs is 3. The molecule has 0 aromatic heterocycles. The van der Waals surface area contributed by atoms with Crippen molar-refractivity contribution in [1.29, 1.82) is 0 Å². The summed E-state index contributed by atoms with van der Waals surface area (Å²) in [7, 11) is 0. The van der Waals surface area contributed by atoms with Crippen molar-refractivity contribution in [1.82, 2.24) is 0 Å². The summed E-state index contributed by atoms with van der Waals surface area (Å²) in [5.41, 5.74) is 1.50. The van der Waals surface area contributed by atoms with Gasteiger partial charge in [-0.1, -0.05) is 0 Å². The number of carbonyl (C=O) groups excluding carboxylic acids is 1. The maximum atomic E-state index is 13.4. The van der Waals surface area contributed by atoms with Gasteiger partial charge in [0.05, 0.1) is 15.8 Å². The minimum atomic E-state index is -0.348. The number of nitrogens with one attached hydrogen (secondary N) is 1. The number of benzene rings is 1. The third kappa shape index (κ3) is 1.73. The van der Waals surface area contributed by atoms with Gasteiger partial charge in [0, 0.05) is 12.6 Å². The number of halogens is 2. The van der Waals surface area contributed by atoms with Gasteiger partial charge in [-0.3, -0.25) is 4.79 Å². The number of hydrogen-bond donors (Lipinski definition) is 1. The zero-order valence-corrected chi connectivity index (χ0v) is 10.8. The molecule has 1 atom stereocenters. The van der Waals surface area contributed by atoms with Crippen molar-refractivity contribution in [2.45, 2.75) is 25.3 Å². The van der Waals surface area contributed by atoms with Crippen LogP contribution in [-0.4, -0.2) is 18.5 Å². The number of nitrogens with zero attached hydrogens (tertiary/aromatic N) is 1. The molecule has 0 bridgehead atoms. The number of amides is 1. The second kappa shape index (κ2) is 3.98. The minimum Gasteiger partial charge on any atom is -0.358 e. The van der Waals surface area contributed by atoms with Gasteiger partial charge in [0.15, 0.2) is 0 Å². The fraction of sp³-hybridized carbons (Fsp3) is 0.417. The second-order valence-electron chi connectivity index (χ2n) is 4.48. The van der Waals surface area contributed by atoms with Crippen LogP contribution in [0.2, 0.25) is 0 Å². The van der Waals surface area contributed by atoms with Crippen molar-refractivity contribution in [3.8, 4) is 0 Å². The Morgan fingerprint density at radius 3 is 3.06 bits per heavy atom. The van der Waals surface area contributed by atoms with Crippen molar-refractivity contribution in [3.05, 3.63) is 22.4 Å². The average molecular weight is 299 g/mol. The summed E-state index contributed by atoms with van der Waals surface area (Å²) in [5.74, 6) is -0.363. The summed E-state index contributed by atoms with van der Waals surface area (Å²) in [4.78, 5) is 14.0. The van der Waals surface area contributed by atoms with Crippen LogP contribution < -0.4 is 10.2 Å². The van der Waals surface area contributed by atoms with Crippen LogP contribution in [0.15, 0.2) is 16.6 Å². The number of carbonyl (C=O) groups is 1. The predicted molar refractivity (Wildman–Crippen MR) is 67.7 cm³/mol. The van der Waals surface area contributed by atoms with Crippen LogP contribution >= 0.6 is 15.9 Å². The highest BCUT2D eigenvalue weighted by atomic mass is 79.9.